The highest BCUT2D eigenvalue weighted by molar-refractivity contribution is 5.88. The van der Waals surface area contributed by atoms with Crippen LogP contribution in [0.2, 0.25) is 0 Å². The molecule has 4 aromatic rings. The fourth-order valence-electron chi connectivity index (χ4n) is 4.36. The molecule has 4 rings (SSSR count). The molecule has 2 nitrogen and oxygen atoms in total. The third kappa shape index (κ3) is 7.09. The van der Waals surface area contributed by atoms with E-state index in [1.54, 1.807) is 18.3 Å². The maximum absolute atomic E-state index is 15.2. The number of rotatable bonds is 11. The van der Waals surface area contributed by atoms with Gasteiger partial charge in [0.15, 0.2) is 0 Å². The summed E-state index contributed by atoms with van der Waals surface area (Å²) in [5.74, 6) is 0.440. The number of aromatic nitrogens is 1. The third-order valence-electron chi connectivity index (χ3n) is 6.55. The van der Waals surface area contributed by atoms with Crippen molar-refractivity contribution in [2.75, 3.05) is 6.61 Å². The molecular weight excluding hydrogens is 478 g/mol. The number of hydrogen-bond donors (Lipinski definition) is 0. The fourth-order valence-corrected chi connectivity index (χ4v) is 4.36. The number of halogens is 4. The first kappa shape index (κ1) is 26.6. The molecular formula is C31H31F4NO. The van der Waals surface area contributed by atoms with Crippen LogP contribution in [-0.4, -0.2) is 11.6 Å². The largest absolute Gasteiger partial charge is 0.492 e. The molecule has 0 unspecified atom stereocenters. The van der Waals surface area contributed by atoms with Crippen molar-refractivity contribution in [1.82, 2.24) is 4.98 Å². The lowest BCUT2D eigenvalue weighted by Gasteiger charge is -2.10. The molecule has 3 aromatic carbocycles. The van der Waals surface area contributed by atoms with E-state index in [4.69, 9.17) is 4.74 Å². The molecule has 6 heteroatoms. The van der Waals surface area contributed by atoms with E-state index in [0.29, 0.717) is 30.4 Å². The lowest BCUT2D eigenvalue weighted by atomic mass is 9.98. The van der Waals surface area contributed by atoms with E-state index in [9.17, 15) is 13.2 Å². The Balaban J connectivity index is 1.39. The van der Waals surface area contributed by atoms with Gasteiger partial charge in [-0.05, 0) is 66.1 Å². The van der Waals surface area contributed by atoms with E-state index >= 15 is 4.39 Å². The van der Waals surface area contributed by atoms with E-state index in [2.05, 4.69) is 11.9 Å². The van der Waals surface area contributed by atoms with Crippen molar-refractivity contribution < 1.29 is 22.3 Å². The Hall–Kier alpha value is -3.41. The minimum Gasteiger partial charge on any atom is -0.492 e. The average Bonchev–Trinajstić information content (AvgIpc) is 2.90. The van der Waals surface area contributed by atoms with Gasteiger partial charge in [-0.15, -0.1) is 0 Å². The predicted molar refractivity (Wildman–Crippen MR) is 140 cm³/mol. The summed E-state index contributed by atoms with van der Waals surface area (Å²) in [5.41, 5.74) is 2.25. The van der Waals surface area contributed by atoms with Crippen molar-refractivity contribution >= 4 is 10.8 Å². The number of alkyl halides is 3. The Labute approximate surface area is 215 Å². The quantitative estimate of drug-likeness (QED) is 0.149. The molecule has 0 amide bonds. The van der Waals surface area contributed by atoms with Crippen LogP contribution in [0.15, 0.2) is 72.9 Å². The maximum Gasteiger partial charge on any atom is 0.416 e. The van der Waals surface area contributed by atoms with Crippen LogP contribution < -0.4 is 4.74 Å². The van der Waals surface area contributed by atoms with Crippen molar-refractivity contribution in [2.24, 2.45) is 0 Å². The van der Waals surface area contributed by atoms with Crippen LogP contribution in [0.25, 0.3) is 22.0 Å². The number of fused-ring (bicyclic) bond motifs is 1. The standard InChI is InChI=1S/C31H31F4NO/c1-2-3-4-5-6-19-37-27-16-18-29(36-21-27)25-13-17-28-24(20-25)12-11-23(30(28)32)10-7-22-8-14-26(15-9-22)31(33,34)35/h8-9,11-18,20-21H,2-7,10,19H2,1H3. The van der Waals surface area contributed by atoms with E-state index in [1.807, 2.05) is 30.3 Å². The summed E-state index contributed by atoms with van der Waals surface area (Å²) in [6, 6.07) is 18.0. The van der Waals surface area contributed by atoms with E-state index in [0.717, 1.165) is 46.5 Å². The van der Waals surface area contributed by atoms with Gasteiger partial charge in [-0.1, -0.05) is 69.0 Å². The highest BCUT2D eigenvalue weighted by atomic mass is 19.4. The highest BCUT2D eigenvalue weighted by Crippen LogP contribution is 2.30. The molecule has 1 heterocycles. The monoisotopic (exact) mass is 509 g/mol. The second-order valence-corrected chi connectivity index (χ2v) is 9.31. The summed E-state index contributed by atoms with van der Waals surface area (Å²) >= 11 is 0. The van der Waals surface area contributed by atoms with E-state index in [1.165, 1.54) is 37.8 Å². The van der Waals surface area contributed by atoms with Crippen LogP contribution in [0, 0.1) is 5.82 Å². The summed E-state index contributed by atoms with van der Waals surface area (Å²) in [7, 11) is 0. The summed E-state index contributed by atoms with van der Waals surface area (Å²) in [4.78, 5) is 4.52. The van der Waals surface area contributed by atoms with Crippen molar-refractivity contribution in [2.45, 2.75) is 58.0 Å². The van der Waals surface area contributed by atoms with Gasteiger partial charge in [0, 0.05) is 10.9 Å². The summed E-state index contributed by atoms with van der Waals surface area (Å²) in [6.45, 7) is 2.88. The molecule has 37 heavy (non-hydrogen) atoms. The van der Waals surface area contributed by atoms with E-state index in [-0.39, 0.29) is 5.82 Å². The van der Waals surface area contributed by atoms with Crippen molar-refractivity contribution in [3.8, 4) is 17.0 Å². The first-order valence-electron chi connectivity index (χ1n) is 12.8. The molecule has 0 atom stereocenters. The summed E-state index contributed by atoms with van der Waals surface area (Å²) < 4.78 is 59.3. The molecule has 0 fully saturated rings. The van der Waals surface area contributed by atoms with E-state index < -0.39 is 11.7 Å². The lowest BCUT2D eigenvalue weighted by molar-refractivity contribution is -0.137. The second kappa shape index (κ2) is 12.2. The smallest absolute Gasteiger partial charge is 0.416 e. The molecule has 0 N–H and O–H groups in total. The van der Waals surface area contributed by atoms with Gasteiger partial charge in [0.2, 0.25) is 0 Å². The molecule has 1 aromatic heterocycles. The number of hydrogen-bond acceptors (Lipinski definition) is 2. The summed E-state index contributed by atoms with van der Waals surface area (Å²) in [6.07, 6.45) is 4.13. The summed E-state index contributed by atoms with van der Waals surface area (Å²) in [5, 5.41) is 1.28. The molecule has 0 saturated heterocycles. The Bertz CT molecular complexity index is 1300. The predicted octanol–water partition coefficient (Wildman–Crippen LogP) is 9.19. The molecule has 0 aliphatic rings. The molecule has 0 bridgehead atoms. The Morgan fingerprint density at radius 3 is 2.30 bits per heavy atom. The van der Waals surface area contributed by atoms with Crippen LogP contribution in [0.1, 0.15) is 55.7 Å². The molecule has 0 aliphatic carbocycles. The number of aryl methyl sites for hydroxylation is 2. The topological polar surface area (TPSA) is 22.1 Å². The van der Waals surface area contributed by atoms with Crippen LogP contribution in [0.4, 0.5) is 17.6 Å². The first-order valence-corrected chi connectivity index (χ1v) is 12.8. The van der Waals surface area contributed by atoms with Gasteiger partial charge in [-0.2, -0.15) is 13.2 Å². The van der Waals surface area contributed by atoms with Gasteiger partial charge < -0.3 is 4.74 Å². The van der Waals surface area contributed by atoms with Crippen molar-refractivity contribution in [3.05, 3.63) is 95.4 Å². The number of pyridine rings is 1. The lowest BCUT2D eigenvalue weighted by Crippen LogP contribution is -2.04. The number of benzene rings is 3. The van der Waals surface area contributed by atoms with Crippen LogP contribution in [0.3, 0.4) is 0 Å². The number of unbranched alkanes of at least 4 members (excludes halogenated alkanes) is 4. The second-order valence-electron chi connectivity index (χ2n) is 9.31. The van der Waals surface area contributed by atoms with Gasteiger partial charge >= 0.3 is 6.18 Å². The molecule has 0 radical (unpaired) electrons. The van der Waals surface area contributed by atoms with Crippen molar-refractivity contribution in [3.63, 3.8) is 0 Å². The van der Waals surface area contributed by atoms with Gasteiger partial charge in [0.05, 0.1) is 24.1 Å². The van der Waals surface area contributed by atoms with Crippen LogP contribution in [-0.2, 0) is 19.0 Å². The van der Waals surface area contributed by atoms with Crippen LogP contribution in [0.5, 0.6) is 5.75 Å². The molecule has 0 saturated carbocycles. The normalized spacial score (nSPS) is 11.7. The number of nitrogens with zero attached hydrogens (tertiary/aromatic N) is 1. The average molecular weight is 510 g/mol. The maximum atomic E-state index is 15.2. The minimum absolute atomic E-state index is 0.299. The number of ether oxygens (including phenoxy) is 1. The Morgan fingerprint density at radius 1 is 0.811 bits per heavy atom. The molecule has 0 aliphatic heterocycles. The Kier molecular flexibility index (Phi) is 8.80. The third-order valence-corrected chi connectivity index (χ3v) is 6.55. The highest BCUT2D eigenvalue weighted by Gasteiger charge is 2.29. The zero-order valence-corrected chi connectivity index (χ0v) is 21.0. The van der Waals surface area contributed by atoms with Gasteiger partial charge in [0.25, 0.3) is 0 Å². The van der Waals surface area contributed by atoms with Gasteiger partial charge in [0.1, 0.15) is 11.6 Å². The molecule has 0 spiro atoms. The minimum atomic E-state index is -4.36. The zero-order valence-electron chi connectivity index (χ0n) is 21.0. The van der Waals surface area contributed by atoms with Gasteiger partial charge in [-0.25, -0.2) is 4.39 Å². The first-order chi connectivity index (χ1) is 17.8. The Morgan fingerprint density at radius 2 is 1.59 bits per heavy atom. The van der Waals surface area contributed by atoms with Gasteiger partial charge in [-0.3, -0.25) is 4.98 Å². The fraction of sp³-hybridized carbons (Fsp3) is 0.323. The SMILES string of the molecule is CCCCCCCOc1ccc(-c2ccc3c(F)c(CCc4ccc(C(F)(F)F)cc4)ccc3c2)nc1. The van der Waals surface area contributed by atoms with Crippen LogP contribution >= 0.6 is 0 Å². The van der Waals surface area contributed by atoms with Crippen molar-refractivity contribution in [1.29, 1.82) is 0 Å². The molecule has 194 valence electrons. The zero-order chi connectivity index (χ0) is 26.3.